The number of carbonyl (C=O) groups is 1. The van der Waals surface area contributed by atoms with E-state index in [4.69, 9.17) is 18.9 Å². The van der Waals surface area contributed by atoms with Gasteiger partial charge in [-0.3, -0.25) is 4.79 Å². The number of aromatic nitrogens is 1. The minimum Gasteiger partial charge on any atom is -0.467 e. The SMILES string of the molecule is O=C1COc2nc3cc4c(cc3cc2CN1C[C@H]1CCCO1)OCO4. The number of pyridine rings is 1. The number of amides is 1. The molecule has 1 aromatic heterocycles. The molecule has 2 aromatic rings. The molecule has 3 aliphatic heterocycles. The first-order valence-corrected chi connectivity index (χ1v) is 8.52. The maximum absolute atomic E-state index is 12.4. The molecule has 0 bridgehead atoms. The molecule has 0 N–H and O–H groups in total. The molecule has 4 heterocycles. The van der Waals surface area contributed by atoms with E-state index in [1.165, 1.54) is 0 Å². The van der Waals surface area contributed by atoms with Gasteiger partial charge in [-0.15, -0.1) is 0 Å². The summed E-state index contributed by atoms with van der Waals surface area (Å²) in [5.41, 5.74) is 1.67. The van der Waals surface area contributed by atoms with Crippen LogP contribution in [0.3, 0.4) is 0 Å². The number of carbonyl (C=O) groups excluding carboxylic acids is 1. The van der Waals surface area contributed by atoms with Crippen LogP contribution in [0.25, 0.3) is 10.9 Å². The first kappa shape index (κ1) is 14.8. The highest BCUT2D eigenvalue weighted by Crippen LogP contribution is 2.37. The van der Waals surface area contributed by atoms with E-state index in [9.17, 15) is 4.79 Å². The molecule has 1 saturated heterocycles. The van der Waals surface area contributed by atoms with Crippen LogP contribution in [-0.4, -0.2) is 48.4 Å². The standard InChI is InChI=1S/C18H18N2O5/c21-17-9-23-18-12(7-20(17)8-13-2-1-3-22-13)4-11-5-15-16(25-10-24-15)6-14(11)19-18/h4-6,13H,1-3,7-10H2/t13-/m1/s1. The maximum Gasteiger partial charge on any atom is 0.260 e. The van der Waals surface area contributed by atoms with Crippen molar-refractivity contribution in [1.29, 1.82) is 0 Å². The van der Waals surface area contributed by atoms with Gasteiger partial charge >= 0.3 is 0 Å². The van der Waals surface area contributed by atoms with E-state index in [1.807, 2.05) is 23.1 Å². The fourth-order valence-corrected chi connectivity index (χ4v) is 3.54. The Morgan fingerprint density at radius 1 is 1.16 bits per heavy atom. The van der Waals surface area contributed by atoms with Crippen molar-refractivity contribution in [2.45, 2.75) is 25.5 Å². The van der Waals surface area contributed by atoms with E-state index < -0.39 is 0 Å². The summed E-state index contributed by atoms with van der Waals surface area (Å²) in [6.45, 7) is 2.08. The summed E-state index contributed by atoms with van der Waals surface area (Å²) < 4.78 is 22.2. The van der Waals surface area contributed by atoms with Gasteiger partial charge in [0.2, 0.25) is 12.7 Å². The maximum atomic E-state index is 12.4. The minimum atomic E-state index is -0.0354. The lowest BCUT2D eigenvalue weighted by molar-refractivity contribution is -0.134. The van der Waals surface area contributed by atoms with Gasteiger partial charge in [0.15, 0.2) is 18.1 Å². The Bertz CT molecular complexity index is 847. The number of fused-ring (bicyclic) bond motifs is 3. The molecule has 1 amide bonds. The topological polar surface area (TPSA) is 70.1 Å². The molecule has 0 unspecified atom stereocenters. The van der Waals surface area contributed by atoms with Crippen LogP contribution in [0.1, 0.15) is 18.4 Å². The zero-order chi connectivity index (χ0) is 16.8. The number of ether oxygens (including phenoxy) is 4. The normalized spacial score (nSPS) is 22.0. The van der Waals surface area contributed by atoms with Crippen molar-refractivity contribution >= 4 is 16.8 Å². The first-order valence-electron chi connectivity index (χ1n) is 8.52. The van der Waals surface area contributed by atoms with Crippen LogP contribution in [0.15, 0.2) is 18.2 Å². The Hall–Kier alpha value is -2.54. The molecule has 7 heteroatoms. The minimum absolute atomic E-state index is 0.00276. The van der Waals surface area contributed by atoms with E-state index in [2.05, 4.69) is 4.98 Å². The van der Waals surface area contributed by atoms with E-state index in [0.717, 1.165) is 41.7 Å². The van der Waals surface area contributed by atoms with Crippen molar-refractivity contribution in [2.75, 3.05) is 26.6 Å². The van der Waals surface area contributed by atoms with E-state index in [0.29, 0.717) is 24.7 Å². The lowest BCUT2D eigenvalue weighted by Gasteiger charge is -2.23. The highest BCUT2D eigenvalue weighted by Gasteiger charge is 2.27. The van der Waals surface area contributed by atoms with Crippen LogP contribution in [0.4, 0.5) is 0 Å². The Morgan fingerprint density at radius 2 is 2.04 bits per heavy atom. The zero-order valence-electron chi connectivity index (χ0n) is 13.7. The highest BCUT2D eigenvalue weighted by molar-refractivity contribution is 5.85. The van der Waals surface area contributed by atoms with Crippen LogP contribution >= 0.6 is 0 Å². The summed E-state index contributed by atoms with van der Waals surface area (Å²) >= 11 is 0. The largest absolute Gasteiger partial charge is 0.467 e. The van der Waals surface area contributed by atoms with Gasteiger partial charge in [-0.25, -0.2) is 4.98 Å². The van der Waals surface area contributed by atoms with Gasteiger partial charge in [0.1, 0.15) is 0 Å². The van der Waals surface area contributed by atoms with Crippen LogP contribution in [0.2, 0.25) is 0 Å². The van der Waals surface area contributed by atoms with E-state index in [-0.39, 0.29) is 25.4 Å². The third kappa shape index (κ3) is 2.64. The molecular formula is C18H18N2O5. The number of benzene rings is 1. The number of hydrogen-bond acceptors (Lipinski definition) is 6. The first-order chi connectivity index (χ1) is 12.3. The summed E-state index contributed by atoms with van der Waals surface area (Å²) in [5, 5.41) is 0.943. The summed E-state index contributed by atoms with van der Waals surface area (Å²) in [5.74, 6) is 1.88. The second-order valence-corrected chi connectivity index (χ2v) is 6.55. The summed E-state index contributed by atoms with van der Waals surface area (Å²) in [6, 6.07) is 5.78. The van der Waals surface area contributed by atoms with Crippen molar-refractivity contribution < 1.29 is 23.7 Å². The number of rotatable bonds is 2. The van der Waals surface area contributed by atoms with Crippen molar-refractivity contribution in [2.24, 2.45) is 0 Å². The average molecular weight is 342 g/mol. The molecule has 1 aromatic carbocycles. The fourth-order valence-electron chi connectivity index (χ4n) is 3.54. The third-order valence-corrected chi connectivity index (χ3v) is 4.84. The summed E-state index contributed by atoms with van der Waals surface area (Å²) in [7, 11) is 0. The van der Waals surface area contributed by atoms with E-state index >= 15 is 0 Å². The highest BCUT2D eigenvalue weighted by atomic mass is 16.7. The number of hydrogen-bond donors (Lipinski definition) is 0. The second kappa shape index (κ2) is 5.77. The predicted molar refractivity (Wildman–Crippen MR) is 87.8 cm³/mol. The zero-order valence-corrected chi connectivity index (χ0v) is 13.7. The summed E-state index contributed by atoms with van der Waals surface area (Å²) in [6.07, 6.45) is 2.17. The Kier molecular flexibility index (Phi) is 3.41. The Morgan fingerprint density at radius 3 is 2.88 bits per heavy atom. The van der Waals surface area contributed by atoms with Gasteiger partial charge in [-0.1, -0.05) is 0 Å². The van der Waals surface area contributed by atoms with Crippen LogP contribution in [0, 0.1) is 0 Å². The molecule has 1 atom stereocenters. The smallest absolute Gasteiger partial charge is 0.260 e. The average Bonchev–Trinajstić information content (AvgIpc) is 3.25. The summed E-state index contributed by atoms with van der Waals surface area (Å²) in [4.78, 5) is 18.8. The molecule has 130 valence electrons. The molecule has 5 rings (SSSR count). The van der Waals surface area contributed by atoms with Crippen LogP contribution in [-0.2, 0) is 16.1 Å². The second-order valence-electron chi connectivity index (χ2n) is 6.55. The molecule has 25 heavy (non-hydrogen) atoms. The third-order valence-electron chi connectivity index (χ3n) is 4.84. The van der Waals surface area contributed by atoms with Gasteiger partial charge in [-0.2, -0.15) is 0 Å². The van der Waals surface area contributed by atoms with Gasteiger partial charge in [0.05, 0.1) is 18.2 Å². The van der Waals surface area contributed by atoms with Gasteiger partial charge < -0.3 is 23.8 Å². The number of nitrogens with zero attached hydrogens (tertiary/aromatic N) is 2. The van der Waals surface area contributed by atoms with Crippen molar-refractivity contribution in [3.05, 3.63) is 23.8 Å². The monoisotopic (exact) mass is 342 g/mol. The molecule has 7 nitrogen and oxygen atoms in total. The molecule has 0 saturated carbocycles. The van der Waals surface area contributed by atoms with Crippen molar-refractivity contribution in [1.82, 2.24) is 9.88 Å². The molecule has 0 radical (unpaired) electrons. The van der Waals surface area contributed by atoms with Crippen LogP contribution < -0.4 is 14.2 Å². The van der Waals surface area contributed by atoms with Crippen molar-refractivity contribution in [3.8, 4) is 17.4 Å². The Labute approximate surface area is 144 Å². The fraction of sp³-hybridized carbons (Fsp3) is 0.444. The van der Waals surface area contributed by atoms with Gasteiger partial charge in [0, 0.05) is 30.2 Å². The molecule has 1 fully saturated rings. The molecule has 3 aliphatic rings. The Balaban J connectivity index is 1.49. The van der Waals surface area contributed by atoms with Gasteiger partial charge in [0.25, 0.3) is 5.91 Å². The molecule has 0 aliphatic carbocycles. The van der Waals surface area contributed by atoms with Gasteiger partial charge in [-0.05, 0) is 25.0 Å². The molecule has 0 spiro atoms. The van der Waals surface area contributed by atoms with Crippen LogP contribution in [0.5, 0.6) is 17.4 Å². The quantitative estimate of drug-likeness (QED) is 0.830. The lowest BCUT2D eigenvalue weighted by Crippen LogP contribution is -2.38. The van der Waals surface area contributed by atoms with Crippen molar-refractivity contribution in [3.63, 3.8) is 0 Å². The molecular weight excluding hydrogens is 324 g/mol. The van der Waals surface area contributed by atoms with E-state index in [1.54, 1.807) is 0 Å². The predicted octanol–water partition coefficient (Wildman–Crippen LogP) is 1.86. The lowest BCUT2D eigenvalue weighted by atomic mass is 10.1.